The van der Waals surface area contributed by atoms with Crippen LogP contribution in [0.3, 0.4) is 0 Å². The van der Waals surface area contributed by atoms with E-state index in [0.717, 1.165) is 28.3 Å². The molecule has 110 valence electrons. The van der Waals surface area contributed by atoms with Crippen LogP contribution in [0.5, 0.6) is 0 Å². The zero-order valence-corrected chi connectivity index (χ0v) is 14.1. The van der Waals surface area contributed by atoms with E-state index < -0.39 is 11.7 Å². The summed E-state index contributed by atoms with van der Waals surface area (Å²) in [7, 11) is 0. The summed E-state index contributed by atoms with van der Waals surface area (Å²) < 4.78 is 11.4. The molecule has 6 heteroatoms. The second-order valence-electron chi connectivity index (χ2n) is 5.55. The number of halogens is 1. The van der Waals surface area contributed by atoms with Crippen molar-refractivity contribution in [2.24, 2.45) is 0 Å². The van der Waals surface area contributed by atoms with Crippen LogP contribution in [0.1, 0.15) is 20.8 Å². The van der Waals surface area contributed by atoms with Crippen LogP contribution < -0.4 is 5.32 Å². The molecule has 0 unspecified atom stereocenters. The molecule has 1 aromatic rings. The van der Waals surface area contributed by atoms with Crippen molar-refractivity contribution in [3.63, 3.8) is 0 Å². The van der Waals surface area contributed by atoms with Gasteiger partial charge in [0.1, 0.15) is 5.60 Å². The first-order valence-electron chi connectivity index (χ1n) is 6.37. The highest BCUT2D eigenvalue weighted by Crippen LogP contribution is 2.35. The zero-order chi connectivity index (χ0) is 14.8. The van der Waals surface area contributed by atoms with Crippen molar-refractivity contribution in [1.29, 1.82) is 0 Å². The molecule has 20 heavy (non-hydrogen) atoms. The fraction of sp³-hybridized carbons (Fsp3) is 0.500. The van der Waals surface area contributed by atoms with Crippen molar-refractivity contribution >= 4 is 39.5 Å². The summed E-state index contributed by atoms with van der Waals surface area (Å²) in [6, 6.07) is 5.71. The van der Waals surface area contributed by atoms with Crippen molar-refractivity contribution in [1.82, 2.24) is 0 Å². The lowest BCUT2D eigenvalue weighted by atomic mass is 10.2. The van der Waals surface area contributed by atoms with E-state index in [1.807, 2.05) is 39.0 Å². The molecular weight excluding hydrogens is 342 g/mol. The minimum absolute atomic E-state index is 0.442. The molecule has 0 aliphatic carbocycles. The van der Waals surface area contributed by atoms with Gasteiger partial charge < -0.3 is 9.47 Å². The highest BCUT2D eigenvalue weighted by molar-refractivity contribution is 9.10. The number of benzene rings is 1. The molecule has 0 saturated carbocycles. The van der Waals surface area contributed by atoms with Gasteiger partial charge in [-0.25, -0.2) is 4.79 Å². The number of hydrogen-bond donors (Lipinski definition) is 1. The van der Waals surface area contributed by atoms with Crippen LogP contribution in [0.4, 0.5) is 10.5 Å². The average Bonchev–Trinajstić information content (AvgIpc) is 2.24. The Kier molecular flexibility index (Phi) is 4.99. The SMILES string of the molecule is CC(C)(C)OC(=O)Nc1ccc(Br)c(SC2COC2)c1. The van der Waals surface area contributed by atoms with Crippen LogP contribution in [-0.2, 0) is 9.47 Å². The van der Waals surface area contributed by atoms with Crippen molar-refractivity contribution in [3.05, 3.63) is 22.7 Å². The molecule has 1 saturated heterocycles. The number of carbonyl (C=O) groups is 1. The normalized spacial score (nSPS) is 15.6. The van der Waals surface area contributed by atoms with Gasteiger partial charge in [0.25, 0.3) is 0 Å². The predicted octanol–water partition coefficient (Wildman–Crippen LogP) is 4.29. The van der Waals surface area contributed by atoms with Gasteiger partial charge in [0, 0.05) is 15.1 Å². The van der Waals surface area contributed by atoms with Gasteiger partial charge in [0.05, 0.1) is 18.5 Å². The average molecular weight is 360 g/mol. The molecule has 0 aromatic heterocycles. The van der Waals surface area contributed by atoms with Crippen molar-refractivity contribution in [3.8, 4) is 0 Å². The maximum absolute atomic E-state index is 11.7. The lowest BCUT2D eigenvalue weighted by Crippen LogP contribution is -2.30. The first kappa shape index (κ1) is 15.7. The number of amides is 1. The Morgan fingerprint density at radius 3 is 2.70 bits per heavy atom. The van der Waals surface area contributed by atoms with E-state index in [1.54, 1.807) is 11.8 Å². The molecule has 4 nitrogen and oxygen atoms in total. The summed E-state index contributed by atoms with van der Waals surface area (Å²) in [6.45, 7) is 7.08. The quantitative estimate of drug-likeness (QED) is 0.874. The third kappa shape index (κ3) is 4.68. The van der Waals surface area contributed by atoms with Gasteiger partial charge >= 0.3 is 6.09 Å². The largest absolute Gasteiger partial charge is 0.444 e. The predicted molar refractivity (Wildman–Crippen MR) is 84.5 cm³/mol. The Morgan fingerprint density at radius 1 is 1.45 bits per heavy atom. The molecule has 1 N–H and O–H groups in total. The fourth-order valence-electron chi connectivity index (χ4n) is 1.55. The van der Waals surface area contributed by atoms with Crippen LogP contribution in [0.2, 0.25) is 0 Å². The Hall–Kier alpha value is -0.720. The van der Waals surface area contributed by atoms with Crippen LogP contribution >= 0.6 is 27.7 Å². The standard InChI is InChI=1S/C14H18BrNO3S/c1-14(2,3)19-13(17)16-9-4-5-11(15)12(6-9)20-10-7-18-8-10/h4-6,10H,7-8H2,1-3H3,(H,16,17). The zero-order valence-electron chi connectivity index (χ0n) is 11.7. The van der Waals surface area contributed by atoms with Gasteiger partial charge in [-0.15, -0.1) is 11.8 Å². The lowest BCUT2D eigenvalue weighted by molar-refractivity contribution is 0.0455. The third-order valence-electron chi connectivity index (χ3n) is 2.48. The molecule has 1 aliphatic rings. The van der Waals surface area contributed by atoms with Gasteiger partial charge in [0.15, 0.2) is 0 Å². The monoisotopic (exact) mass is 359 g/mol. The minimum Gasteiger partial charge on any atom is -0.444 e. The summed E-state index contributed by atoms with van der Waals surface area (Å²) in [5, 5.41) is 3.24. The highest BCUT2D eigenvalue weighted by atomic mass is 79.9. The van der Waals surface area contributed by atoms with E-state index in [-0.39, 0.29) is 0 Å². The second kappa shape index (κ2) is 6.37. The number of nitrogens with one attached hydrogen (secondary N) is 1. The number of hydrogen-bond acceptors (Lipinski definition) is 4. The highest BCUT2D eigenvalue weighted by Gasteiger charge is 2.21. The van der Waals surface area contributed by atoms with Crippen LogP contribution in [0.15, 0.2) is 27.6 Å². The Balaban J connectivity index is 2.01. The molecular formula is C14H18BrNO3S. The smallest absolute Gasteiger partial charge is 0.412 e. The topological polar surface area (TPSA) is 47.6 Å². The van der Waals surface area contributed by atoms with E-state index in [2.05, 4.69) is 21.2 Å². The molecule has 0 spiro atoms. The number of ether oxygens (including phenoxy) is 2. The van der Waals surface area contributed by atoms with E-state index in [0.29, 0.717) is 5.25 Å². The molecule has 1 aromatic carbocycles. The fourth-order valence-corrected chi connectivity index (χ4v) is 3.14. The van der Waals surface area contributed by atoms with Crippen molar-refractivity contribution < 1.29 is 14.3 Å². The molecule has 1 aliphatic heterocycles. The Labute approximate surface area is 131 Å². The number of rotatable bonds is 3. The third-order valence-corrected chi connectivity index (χ3v) is 4.63. The summed E-state index contributed by atoms with van der Waals surface area (Å²) >= 11 is 5.27. The van der Waals surface area contributed by atoms with Crippen LogP contribution in [0, 0.1) is 0 Å². The summed E-state index contributed by atoms with van der Waals surface area (Å²) in [5.74, 6) is 0. The molecule has 2 rings (SSSR count). The molecule has 1 amide bonds. The van der Waals surface area contributed by atoms with E-state index >= 15 is 0 Å². The number of carbonyl (C=O) groups excluding carboxylic acids is 1. The number of thioether (sulfide) groups is 1. The van der Waals surface area contributed by atoms with Crippen molar-refractivity contribution in [2.75, 3.05) is 18.5 Å². The minimum atomic E-state index is -0.500. The second-order valence-corrected chi connectivity index (χ2v) is 7.75. The summed E-state index contributed by atoms with van der Waals surface area (Å²) in [5.41, 5.74) is 0.227. The van der Waals surface area contributed by atoms with Gasteiger partial charge in [0.2, 0.25) is 0 Å². The van der Waals surface area contributed by atoms with Gasteiger partial charge in [-0.2, -0.15) is 0 Å². The van der Waals surface area contributed by atoms with Gasteiger partial charge in [-0.05, 0) is 54.9 Å². The van der Waals surface area contributed by atoms with Gasteiger partial charge in [-0.3, -0.25) is 5.32 Å². The first-order valence-corrected chi connectivity index (χ1v) is 8.05. The first-order chi connectivity index (χ1) is 9.33. The molecule has 0 radical (unpaired) electrons. The summed E-state index contributed by atoms with van der Waals surface area (Å²) in [4.78, 5) is 12.8. The Morgan fingerprint density at radius 2 is 2.15 bits per heavy atom. The Bertz CT molecular complexity index is 498. The van der Waals surface area contributed by atoms with Crippen LogP contribution in [0.25, 0.3) is 0 Å². The van der Waals surface area contributed by atoms with E-state index in [9.17, 15) is 4.79 Å². The van der Waals surface area contributed by atoms with Crippen LogP contribution in [-0.4, -0.2) is 30.2 Å². The van der Waals surface area contributed by atoms with E-state index in [4.69, 9.17) is 9.47 Å². The summed E-state index contributed by atoms with van der Waals surface area (Å²) in [6.07, 6.45) is -0.442. The van der Waals surface area contributed by atoms with Gasteiger partial charge in [-0.1, -0.05) is 0 Å². The molecule has 1 heterocycles. The maximum Gasteiger partial charge on any atom is 0.412 e. The molecule has 0 atom stereocenters. The number of anilines is 1. The van der Waals surface area contributed by atoms with E-state index in [1.165, 1.54) is 0 Å². The van der Waals surface area contributed by atoms with Crippen molar-refractivity contribution in [2.45, 2.75) is 36.5 Å². The molecule has 0 bridgehead atoms. The maximum atomic E-state index is 11.7. The lowest BCUT2D eigenvalue weighted by Gasteiger charge is -2.25. The molecule has 1 fully saturated rings.